The maximum absolute atomic E-state index is 5.78. The van der Waals surface area contributed by atoms with Crippen molar-refractivity contribution in [1.29, 1.82) is 0 Å². The number of nitrogens with zero attached hydrogens (tertiary/aromatic N) is 1. The smallest absolute Gasteiger partial charge is 0.0944 e. The van der Waals surface area contributed by atoms with Gasteiger partial charge in [-0.15, -0.1) is 23.1 Å². The Balaban J connectivity index is 1.80. The molecule has 0 amide bonds. The molecule has 5 heteroatoms. The molecular weight excluding hydrogens is 274 g/mol. The predicted octanol–water partition coefficient (Wildman–Crippen LogP) is 2.72. The molecule has 100 valence electrons. The molecule has 19 heavy (non-hydrogen) atoms. The van der Waals surface area contributed by atoms with Crippen LogP contribution in [0.2, 0.25) is 0 Å². The summed E-state index contributed by atoms with van der Waals surface area (Å²) in [4.78, 5) is 5.93. The van der Waals surface area contributed by atoms with Crippen molar-refractivity contribution < 1.29 is 0 Å². The first-order chi connectivity index (χ1) is 9.28. The van der Waals surface area contributed by atoms with Crippen molar-refractivity contribution in [1.82, 2.24) is 10.4 Å². The van der Waals surface area contributed by atoms with Crippen LogP contribution in [0.3, 0.4) is 0 Å². The Labute approximate surface area is 121 Å². The van der Waals surface area contributed by atoms with E-state index in [0.717, 1.165) is 22.9 Å². The van der Waals surface area contributed by atoms with Gasteiger partial charge in [0, 0.05) is 40.1 Å². The summed E-state index contributed by atoms with van der Waals surface area (Å²) in [6.07, 6.45) is 0.897. The monoisotopic (exact) mass is 291 g/mol. The number of hydrazine groups is 1. The molecule has 0 fully saturated rings. The van der Waals surface area contributed by atoms with E-state index >= 15 is 0 Å². The zero-order chi connectivity index (χ0) is 13.2. The molecule has 2 heterocycles. The van der Waals surface area contributed by atoms with Crippen LogP contribution in [0.25, 0.3) is 0 Å². The van der Waals surface area contributed by atoms with Crippen LogP contribution in [-0.2, 0) is 6.42 Å². The lowest BCUT2D eigenvalue weighted by molar-refractivity contribution is 0.462. The zero-order valence-corrected chi connectivity index (χ0v) is 12.4. The van der Waals surface area contributed by atoms with Crippen molar-refractivity contribution in [2.75, 3.05) is 5.75 Å². The minimum Gasteiger partial charge on any atom is -0.271 e. The van der Waals surface area contributed by atoms with Crippen molar-refractivity contribution in [2.24, 2.45) is 5.84 Å². The number of nitrogens with one attached hydrogen (secondary N) is 1. The number of hydrogen-bond donors (Lipinski definition) is 2. The average molecular weight is 291 g/mol. The highest BCUT2D eigenvalue weighted by Crippen LogP contribution is 2.41. The van der Waals surface area contributed by atoms with Crippen LogP contribution in [0, 0.1) is 6.92 Å². The van der Waals surface area contributed by atoms with Crippen molar-refractivity contribution in [3.8, 4) is 0 Å². The fraction of sp³-hybridized carbons (Fsp3) is 0.357. The second kappa shape index (κ2) is 5.63. The molecule has 2 aromatic rings. The first kappa shape index (κ1) is 13.1. The number of rotatable bonds is 4. The number of benzene rings is 1. The number of nitrogens with two attached hydrogens (primary N) is 1. The number of aryl methyl sites for hydroxylation is 1. The molecule has 3 nitrogen and oxygen atoms in total. The third kappa shape index (κ3) is 2.69. The summed E-state index contributed by atoms with van der Waals surface area (Å²) in [6, 6.07) is 8.88. The van der Waals surface area contributed by atoms with E-state index < -0.39 is 0 Å². The van der Waals surface area contributed by atoms with E-state index in [0.29, 0.717) is 5.92 Å². The number of fused-ring (bicyclic) bond motifs is 1. The largest absolute Gasteiger partial charge is 0.271 e. The summed E-state index contributed by atoms with van der Waals surface area (Å²) in [5.74, 6) is 7.35. The van der Waals surface area contributed by atoms with E-state index in [1.807, 2.05) is 18.7 Å². The maximum Gasteiger partial charge on any atom is 0.0944 e. The van der Waals surface area contributed by atoms with E-state index in [4.69, 9.17) is 5.84 Å². The zero-order valence-electron chi connectivity index (χ0n) is 10.8. The number of hydrogen-bond acceptors (Lipinski definition) is 5. The molecule has 2 unspecified atom stereocenters. The highest BCUT2D eigenvalue weighted by Gasteiger charge is 2.30. The van der Waals surface area contributed by atoms with Gasteiger partial charge >= 0.3 is 0 Å². The molecule has 1 aliphatic rings. The lowest BCUT2D eigenvalue weighted by atomic mass is 9.92. The molecule has 3 rings (SSSR count). The molecule has 0 spiro atoms. The van der Waals surface area contributed by atoms with Crippen molar-refractivity contribution >= 4 is 23.1 Å². The van der Waals surface area contributed by atoms with Crippen LogP contribution in [0.5, 0.6) is 0 Å². The van der Waals surface area contributed by atoms with Crippen molar-refractivity contribution in [2.45, 2.75) is 30.2 Å². The van der Waals surface area contributed by atoms with Gasteiger partial charge in [-0.05, 0) is 18.6 Å². The maximum atomic E-state index is 5.78. The summed E-state index contributed by atoms with van der Waals surface area (Å²) in [6.45, 7) is 2.03. The second-order valence-corrected chi connectivity index (χ2v) is 6.82. The molecule has 0 saturated heterocycles. The minimum atomic E-state index is 0.252. The van der Waals surface area contributed by atoms with Gasteiger partial charge in [0.05, 0.1) is 5.01 Å². The second-order valence-electron chi connectivity index (χ2n) is 4.82. The van der Waals surface area contributed by atoms with Gasteiger partial charge in [-0.1, -0.05) is 18.2 Å². The third-order valence-electron chi connectivity index (χ3n) is 3.50. The Morgan fingerprint density at radius 3 is 3.05 bits per heavy atom. The lowest BCUT2D eigenvalue weighted by Gasteiger charge is -2.22. The Bertz CT molecular complexity index is 567. The predicted molar refractivity (Wildman–Crippen MR) is 81.6 cm³/mol. The number of thiazole rings is 1. The van der Waals surface area contributed by atoms with E-state index in [9.17, 15) is 0 Å². The molecule has 1 aromatic carbocycles. The number of aromatic nitrogens is 1. The van der Waals surface area contributed by atoms with Crippen LogP contribution in [-0.4, -0.2) is 16.8 Å². The Morgan fingerprint density at radius 1 is 1.47 bits per heavy atom. The van der Waals surface area contributed by atoms with E-state index in [-0.39, 0.29) is 6.04 Å². The standard InChI is InChI=1S/C14H17N3S2/c1-9-7-19-14(16-9)6-12(17-15)11-8-18-13-5-3-2-4-10(11)13/h2-5,7,11-12,17H,6,8,15H2,1H3. The van der Waals surface area contributed by atoms with Gasteiger partial charge < -0.3 is 0 Å². The minimum absolute atomic E-state index is 0.252. The summed E-state index contributed by atoms with van der Waals surface area (Å²) < 4.78 is 0. The molecule has 0 saturated carbocycles. The van der Waals surface area contributed by atoms with Crippen LogP contribution in [0.15, 0.2) is 34.5 Å². The molecule has 1 aliphatic heterocycles. The SMILES string of the molecule is Cc1csc(CC(NN)C2CSc3ccccc32)n1. The number of thioether (sulfide) groups is 1. The first-order valence-electron chi connectivity index (χ1n) is 6.37. The highest BCUT2D eigenvalue weighted by atomic mass is 32.2. The molecule has 2 atom stereocenters. The molecule has 1 aromatic heterocycles. The fourth-order valence-corrected chi connectivity index (χ4v) is 4.69. The van der Waals surface area contributed by atoms with Crippen molar-refractivity contribution in [3.05, 3.63) is 45.9 Å². The molecule has 0 bridgehead atoms. The molecule has 0 radical (unpaired) electrons. The van der Waals surface area contributed by atoms with E-state index in [2.05, 4.69) is 40.1 Å². The topological polar surface area (TPSA) is 50.9 Å². The van der Waals surface area contributed by atoms with Gasteiger partial charge in [0.25, 0.3) is 0 Å². The van der Waals surface area contributed by atoms with Crippen LogP contribution in [0.1, 0.15) is 22.2 Å². The van der Waals surface area contributed by atoms with E-state index in [1.54, 1.807) is 11.3 Å². The van der Waals surface area contributed by atoms with Gasteiger partial charge in [-0.3, -0.25) is 11.3 Å². The highest BCUT2D eigenvalue weighted by molar-refractivity contribution is 7.99. The summed E-state index contributed by atoms with van der Waals surface area (Å²) in [5.41, 5.74) is 5.51. The fourth-order valence-electron chi connectivity index (χ4n) is 2.52. The summed E-state index contributed by atoms with van der Waals surface area (Å²) >= 11 is 3.64. The van der Waals surface area contributed by atoms with Gasteiger partial charge in [-0.25, -0.2) is 4.98 Å². The van der Waals surface area contributed by atoms with Crippen LogP contribution in [0.4, 0.5) is 0 Å². The molecule has 0 aliphatic carbocycles. The average Bonchev–Trinajstić information content (AvgIpc) is 3.02. The third-order valence-corrected chi connectivity index (χ3v) is 5.70. The van der Waals surface area contributed by atoms with Gasteiger partial charge in [0.2, 0.25) is 0 Å². The van der Waals surface area contributed by atoms with Gasteiger partial charge in [-0.2, -0.15) is 0 Å². The lowest BCUT2D eigenvalue weighted by Crippen LogP contribution is -2.41. The van der Waals surface area contributed by atoms with Gasteiger partial charge in [0.15, 0.2) is 0 Å². The van der Waals surface area contributed by atoms with Crippen LogP contribution >= 0.6 is 23.1 Å². The Morgan fingerprint density at radius 2 is 2.32 bits per heavy atom. The summed E-state index contributed by atoms with van der Waals surface area (Å²) in [5, 5.41) is 3.26. The summed E-state index contributed by atoms with van der Waals surface area (Å²) in [7, 11) is 0. The normalized spacial score (nSPS) is 19.4. The Kier molecular flexibility index (Phi) is 3.88. The van der Waals surface area contributed by atoms with E-state index in [1.165, 1.54) is 10.5 Å². The first-order valence-corrected chi connectivity index (χ1v) is 8.23. The van der Waals surface area contributed by atoms with Gasteiger partial charge in [0.1, 0.15) is 0 Å². The van der Waals surface area contributed by atoms with Crippen LogP contribution < -0.4 is 11.3 Å². The Hall–Kier alpha value is -0.880. The quantitative estimate of drug-likeness (QED) is 0.672. The van der Waals surface area contributed by atoms with Crippen molar-refractivity contribution in [3.63, 3.8) is 0 Å². The molecule has 3 N–H and O–H groups in total. The molecular formula is C14H17N3S2.